The molecule has 0 amide bonds. The highest BCUT2D eigenvalue weighted by atomic mass is 16.1. The minimum atomic E-state index is 0.166. The lowest BCUT2D eigenvalue weighted by Gasteiger charge is -2.36. The van der Waals surface area contributed by atoms with Crippen LogP contribution in [0.4, 0.5) is 0 Å². The van der Waals surface area contributed by atoms with Crippen molar-refractivity contribution < 1.29 is 9.59 Å². The summed E-state index contributed by atoms with van der Waals surface area (Å²) in [5, 5.41) is 0. The van der Waals surface area contributed by atoms with E-state index in [1.54, 1.807) is 12.2 Å². The van der Waals surface area contributed by atoms with Gasteiger partial charge in [-0.3, -0.25) is 0 Å². The number of aliphatic imine (C=N–C) groups is 2. The highest BCUT2D eigenvalue weighted by molar-refractivity contribution is 5.34. The monoisotopic (exact) mass is 276 g/mol. The van der Waals surface area contributed by atoms with Gasteiger partial charge in [0.05, 0.1) is 12.1 Å². The van der Waals surface area contributed by atoms with E-state index in [1.807, 2.05) is 0 Å². The molecule has 0 aromatic carbocycles. The van der Waals surface area contributed by atoms with Gasteiger partial charge in [-0.25, -0.2) is 19.6 Å². The number of rotatable bonds is 4. The quantitative estimate of drug-likeness (QED) is 0.583. The second kappa shape index (κ2) is 7.52. The standard InChI is InChI=1S/C16H24N2O2/c1-12-8-13(6-7-15(12)17-10-19)9-14-4-2-3-5-16(14)18-11-20/h12-16H,2-9H2,1H3. The van der Waals surface area contributed by atoms with Crippen molar-refractivity contribution >= 4 is 12.2 Å². The molecule has 110 valence electrons. The van der Waals surface area contributed by atoms with Crippen molar-refractivity contribution in [2.45, 2.75) is 70.4 Å². The van der Waals surface area contributed by atoms with E-state index in [2.05, 4.69) is 16.9 Å². The molecule has 2 saturated carbocycles. The maximum atomic E-state index is 10.5. The molecule has 0 bridgehead atoms. The van der Waals surface area contributed by atoms with E-state index in [9.17, 15) is 9.59 Å². The summed E-state index contributed by atoms with van der Waals surface area (Å²) < 4.78 is 0. The van der Waals surface area contributed by atoms with Gasteiger partial charge in [0, 0.05) is 0 Å². The lowest BCUT2D eigenvalue weighted by molar-refractivity contribution is 0.183. The lowest BCUT2D eigenvalue weighted by Crippen LogP contribution is -2.30. The van der Waals surface area contributed by atoms with Gasteiger partial charge in [0.2, 0.25) is 12.2 Å². The van der Waals surface area contributed by atoms with Crippen molar-refractivity contribution in [3.05, 3.63) is 0 Å². The van der Waals surface area contributed by atoms with E-state index in [4.69, 9.17) is 0 Å². The predicted molar refractivity (Wildman–Crippen MR) is 76.9 cm³/mol. The lowest BCUT2D eigenvalue weighted by atomic mass is 9.72. The number of isocyanates is 2. The zero-order valence-corrected chi connectivity index (χ0v) is 12.3. The summed E-state index contributed by atoms with van der Waals surface area (Å²) in [4.78, 5) is 28.9. The van der Waals surface area contributed by atoms with Gasteiger partial charge in [-0.05, 0) is 56.3 Å². The molecule has 4 nitrogen and oxygen atoms in total. The summed E-state index contributed by atoms with van der Waals surface area (Å²) in [6.45, 7) is 2.18. The molecule has 5 unspecified atom stereocenters. The van der Waals surface area contributed by atoms with Gasteiger partial charge >= 0.3 is 0 Å². The highest BCUT2D eigenvalue weighted by Gasteiger charge is 2.32. The molecule has 0 aromatic heterocycles. The van der Waals surface area contributed by atoms with Crippen LogP contribution >= 0.6 is 0 Å². The first-order valence-corrected chi connectivity index (χ1v) is 7.88. The van der Waals surface area contributed by atoms with Crippen LogP contribution in [-0.4, -0.2) is 24.2 Å². The number of nitrogens with zero attached hydrogens (tertiary/aromatic N) is 2. The third-order valence-electron chi connectivity index (χ3n) is 5.17. The molecule has 2 aliphatic carbocycles. The Bertz CT molecular complexity index is 411. The van der Waals surface area contributed by atoms with Crippen molar-refractivity contribution in [1.29, 1.82) is 0 Å². The summed E-state index contributed by atoms with van der Waals surface area (Å²) in [6, 6.07) is 0.362. The van der Waals surface area contributed by atoms with Crippen molar-refractivity contribution in [3.63, 3.8) is 0 Å². The Kier molecular flexibility index (Phi) is 5.70. The second-order valence-corrected chi connectivity index (χ2v) is 6.51. The topological polar surface area (TPSA) is 58.9 Å². The number of hydrogen-bond acceptors (Lipinski definition) is 4. The summed E-state index contributed by atoms with van der Waals surface area (Å²) in [7, 11) is 0. The van der Waals surface area contributed by atoms with Crippen LogP contribution in [0.1, 0.15) is 58.3 Å². The molecule has 20 heavy (non-hydrogen) atoms. The van der Waals surface area contributed by atoms with Crippen LogP contribution in [0, 0.1) is 17.8 Å². The van der Waals surface area contributed by atoms with Gasteiger partial charge in [-0.15, -0.1) is 0 Å². The Morgan fingerprint density at radius 2 is 1.65 bits per heavy atom. The maximum absolute atomic E-state index is 10.5. The van der Waals surface area contributed by atoms with Gasteiger partial charge in [-0.2, -0.15) is 0 Å². The molecule has 2 fully saturated rings. The molecule has 0 aliphatic heterocycles. The van der Waals surface area contributed by atoms with E-state index in [0.717, 1.165) is 32.1 Å². The Balaban J connectivity index is 1.89. The Labute approximate surface area is 120 Å². The van der Waals surface area contributed by atoms with E-state index >= 15 is 0 Å². The fourth-order valence-electron chi connectivity index (χ4n) is 4.09. The van der Waals surface area contributed by atoms with Crippen molar-refractivity contribution in [1.82, 2.24) is 0 Å². The molecule has 4 heteroatoms. The third-order valence-corrected chi connectivity index (χ3v) is 5.17. The first-order chi connectivity index (χ1) is 9.74. The second-order valence-electron chi connectivity index (χ2n) is 6.51. The summed E-state index contributed by atoms with van der Waals surface area (Å²) >= 11 is 0. The molecule has 2 aliphatic rings. The molecule has 2 rings (SSSR count). The largest absolute Gasteiger partial charge is 0.235 e. The smallest absolute Gasteiger partial charge is 0.211 e. The van der Waals surface area contributed by atoms with Crippen LogP contribution < -0.4 is 0 Å². The van der Waals surface area contributed by atoms with Crippen molar-refractivity contribution in [2.24, 2.45) is 27.7 Å². The first kappa shape index (κ1) is 15.2. The Morgan fingerprint density at radius 1 is 0.950 bits per heavy atom. The summed E-state index contributed by atoms with van der Waals surface area (Å²) in [5.41, 5.74) is 0. The van der Waals surface area contributed by atoms with Gasteiger partial charge in [0.15, 0.2) is 0 Å². The van der Waals surface area contributed by atoms with E-state index in [1.165, 1.54) is 19.3 Å². The normalized spacial score (nSPS) is 37.5. The molecule has 0 heterocycles. The SMILES string of the molecule is CC1CC(CC2CCCCC2N=C=O)CCC1N=C=O. The van der Waals surface area contributed by atoms with Gasteiger partial charge in [0.25, 0.3) is 0 Å². The molecule has 0 saturated heterocycles. The van der Waals surface area contributed by atoms with Crippen molar-refractivity contribution in [3.8, 4) is 0 Å². The van der Waals surface area contributed by atoms with E-state index in [-0.39, 0.29) is 12.1 Å². The van der Waals surface area contributed by atoms with Crippen LogP contribution in [-0.2, 0) is 9.59 Å². The first-order valence-electron chi connectivity index (χ1n) is 7.88. The predicted octanol–water partition coefficient (Wildman–Crippen LogP) is 3.41. The molecule has 0 spiro atoms. The zero-order chi connectivity index (χ0) is 14.4. The molecule has 0 radical (unpaired) electrons. The van der Waals surface area contributed by atoms with Crippen LogP contribution in [0.25, 0.3) is 0 Å². The summed E-state index contributed by atoms with van der Waals surface area (Å²) in [5.74, 6) is 1.70. The average molecular weight is 276 g/mol. The Hall–Kier alpha value is -1.24. The Morgan fingerprint density at radius 3 is 2.35 bits per heavy atom. The number of carbonyl (C=O) groups excluding carboxylic acids is 2. The van der Waals surface area contributed by atoms with E-state index < -0.39 is 0 Å². The van der Waals surface area contributed by atoms with Crippen molar-refractivity contribution in [2.75, 3.05) is 0 Å². The fourth-order valence-corrected chi connectivity index (χ4v) is 4.09. The van der Waals surface area contributed by atoms with Crippen LogP contribution in [0.3, 0.4) is 0 Å². The minimum absolute atomic E-state index is 0.166. The van der Waals surface area contributed by atoms with Gasteiger partial charge in [0.1, 0.15) is 0 Å². The number of hydrogen-bond donors (Lipinski definition) is 0. The summed E-state index contributed by atoms with van der Waals surface area (Å²) in [6.07, 6.45) is 12.6. The van der Waals surface area contributed by atoms with Gasteiger partial charge < -0.3 is 0 Å². The van der Waals surface area contributed by atoms with Gasteiger partial charge in [-0.1, -0.05) is 19.8 Å². The molecular weight excluding hydrogens is 252 g/mol. The highest BCUT2D eigenvalue weighted by Crippen LogP contribution is 2.39. The van der Waals surface area contributed by atoms with Crippen LogP contribution in [0.15, 0.2) is 9.98 Å². The van der Waals surface area contributed by atoms with Crippen LogP contribution in [0.2, 0.25) is 0 Å². The molecule has 0 aromatic rings. The minimum Gasteiger partial charge on any atom is -0.211 e. The molecule has 0 N–H and O–H groups in total. The van der Waals surface area contributed by atoms with Crippen LogP contribution in [0.5, 0.6) is 0 Å². The van der Waals surface area contributed by atoms with E-state index in [0.29, 0.717) is 17.8 Å². The third kappa shape index (κ3) is 3.88. The molecular formula is C16H24N2O2. The fraction of sp³-hybridized carbons (Fsp3) is 0.875. The zero-order valence-electron chi connectivity index (χ0n) is 12.3. The average Bonchev–Trinajstić information content (AvgIpc) is 2.44. The maximum Gasteiger partial charge on any atom is 0.235 e. The molecule has 5 atom stereocenters.